The maximum Gasteiger partial charge on any atom is 0.272 e. The van der Waals surface area contributed by atoms with Crippen molar-refractivity contribution in [3.8, 4) is 0 Å². The fraction of sp³-hybridized carbons (Fsp3) is 0.211. The van der Waals surface area contributed by atoms with Gasteiger partial charge in [0, 0.05) is 42.5 Å². The van der Waals surface area contributed by atoms with Crippen molar-refractivity contribution in [1.29, 1.82) is 0 Å². The van der Waals surface area contributed by atoms with Gasteiger partial charge in [-0.25, -0.2) is 5.43 Å². The average molecular weight is 320 g/mol. The molecular weight excluding hydrogens is 300 g/mol. The SMILES string of the molecule is CN1/C(=C\C=N\NC(=O)c2cccnc2)C(C)(C)c2ccccc21. The van der Waals surface area contributed by atoms with Gasteiger partial charge < -0.3 is 4.90 Å². The van der Waals surface area contributed by atoms with Crippen molar-refractivity contribution in [2.24, 2.45) is 5.10 Å². The summed E-state index contributed by atoms with van der Waals surface area (Å²) in [6.07, 6.45) is 6.69. The molecule has 122 valence electrons. The molecule has 1 aromatic heterocycles. The highest BCUT2D eigenvalue weighted by atomic mass is 16.2. The molecule has 5 heteroatoms. The van der Waals surface area contributed by atoms with Gasteiger partial charge in [0.2, 0.25) is 0 Å². The quantitative estimate of drug-likeness (QED) is 0.698. The molecule has 2 aromatic rings. The lowest BCUT2D eigenvalue weighted by Gasteiger charge is -2.23. The lowest BCUT2D eigenvalue weighted by Crippen LogP contribution is -2.23. The first-order valence-electron chi connectivity index (χ1n) is 7.79. The molecule has 2 heterocycles. The number of para-hydroxylation sites is 1. The third-order valence-electron chi connectivity index (χ3n) is 4.34. The third kappa shape index (κ3) is 2.80. The topological polar surface area (TPSA) is 57.6 Å². The van der Waals surface area contributed by atoms with E-state index < -0.39 is 0 Å². The molecule has 24 heavy (non-hydrogen) atoms. The number of hydrazone groups is 1. The number of carbonyl (C=O) groups excluding carboxylic acids is 1. The number of amides is 1. The summed E-state index contributed by atoms with van der Waals surface area (Å²) < 4.78 is 0. The Bertz CT molecular complexity index is 809. The van der Waals surface area contributed by atoms with E-state index in [2.05, 4.69) is 52.5 Å². The summed E-state index contributed by atoms with van der Waals surface area (Å²) in [5.41, 5.74) is 6.49. The van der Waals surface area contributed by atoms with Crippen LogP contribution in [0.5, 0.6) is 0 Å². The van der Waals surface area contributed by atoms with Crippen molar-refractivity contribution in [3.63, 3.8) is 0 Å². The number of nitrogens with zero attached hydrogens (tertiary/aromatic N) is 3. The highest BCUT2D eigenvalue weighted by Crippen LogP contribution is 2.46. The molecule has 0 radical (unpaired) electrons. The minimum atomic E-state index is -0.278. The van der Waals surface area contributed by atoms with Crippen LogP contribution in [0.3, 0.4) is 0 Å². The van der Waals surface area contributed by atoms with E-state index in [1.807, 2.05) is 19.2 Å². The van der Waals surface area contributed by atoms with E-state index in [9.17, 15) is 4.79 Å². The smallest absolute Gasteiger partial charge is 0.272 e. The highest BCUT2D eigenvalue weighted by Gasteiger charge is 2.37. The summed E-state index contributed by atoms with van der Waals surface area (Å²) in [5, 5.41) is 4.02. The first-order valence-corrected chi connectivity index (χ1v) is 7.79. The van der Waals surface area contributed by atoms with Crippen molar-refractivity contribution in [1.82, 2.24) is 10.4 Å². The van der Waals surface area contributed by atoms with Crippen molar-refractivity contribution in [2.75, 3.05) is 11.9 Å². The first kappa shape index (κ1) is 15.9. The van der Waals surface area contributed by atoms with E-state index in [4.69, 9.17) is 0 Å². The van der Waals surface area contributed by atoms with Crippen LogP contribution in [0.4, 0.5) is 5.69 Å². The van der Waals surface area contributed by atoms with Crippen LogP contribution in [0.15, 0.2) is 65.7 Å². The van der Waals surface area contributed by atoms with Crippen molar-refractivity contribution >= 4 is 17.8 Å². The average Bonchev–Trinajstić information content (AvgIpc) is 2.80. The second kappa shape index (κ2) is 6.28. The van der Waals surface area contributed by atoms with E-state index >= 15 is 0 Å². The number of aromatic nitrogens is 1. The summed E-state index contributed by atoms with van der Waals surface area (Å²) in [6.45, 7) is 4.37. The Morgan fingerprint density at radius 2 is 2.04 bits per heavy atom. The Morgan fingerprint density at radius 3 is 2.75 bits per heavy atom. The van der Waals surface area contributed by atoms with E-state index in [0.29, 0.717) is 5.56 Å². The Balaban J connectivity index is 1.74. The largest absolute Gasteiger partial charge is 0.347 e. The molecule has 1 amide bonds. The minimum Gasteiger partial charge on any atom is -0.347 e. The number of carbonyl (C=O) groups is 1. The van der Waals surface area contributed by atoms with Crippen LogP contribution < -0.4 is 10.3 Å². The molecule has 3 rings (SSSR count). The van der Waals surface area contributed by atoms with Crippen molar-refractivity contribution in [2.45, 2.75) is 19.3 Å². The van der Waals surface area contributed by atoms with Gasteiger partial charge in [-0.1, -0.05) is 32.0 Å². The van der Waals surface area contributed by atoms with Crippen LogP contribution in [0.25, 0.3) is 0 Å². The van der Waals surface area contributed by atoms with Gasteiger partial charge in [0.15, 0.2) is 0 Å². The number of hydrogen-bond acceptors (Lipinski definition) is 4. The van der Waals surface area contributed by atoms with Crippen LogP contribution in [-0.2, 0) is 5.41 Å². The summed E-state index contributed by atoms with van der Waals surface area (Å²) in [6, 6.07) is 11.8. The number of pyridine rings is 1. The van der Waals surface area contributed by atoms with Crippen molar-refractivity contribution in [3.05, 3.63) is 71.7 Å². The predicted octanol–water partition coefficient (Wildman–Crippen LogP) is 3.11. The van der Waals surface area contributed by atoms with Crippen LogP contribution in [0.1, 0.15) is 29.8 Å². The van der Waals surface area contributed by atoms with Gasteiger partial charge in [-0.3, -0.25) is 9.78 Å². The number of rotatable bonds is 3. The van der Waals surface area contributed by atoms with E-state index in [-0.39, 0.29) is 11.3 Å². The van der Waals surface area contributed by atoms with Crippen molar-refractivity contribution < 1.29 is 4.79 Å². The molecule has 1 aliphatic heterocycles. The number of hydrogen-bond donors (Lipinski definition) is 1. The van der Waals surface area contributed by atoms with Crippen LogP contribution in [0.2, 0.25) is 0 Å². The molecule has 1 N–H and O–H groups in total. The predicted molar refractivity (Wildman–Crippen MR) is 96.1 cm³/mol. The second-order valence-corrected chi connectivity index (χ2v) is 6.21. The molecule has 0 aliphatic carbocycles. The maximum atomic E-state index is 11.9. The Hall–Kier alpha value is -2.95. The number of nitrogens with one attached hydrogen (secondary N) is 1. The number of allylic oxidation sites excluding steroid dienone is 2. The first-order chi connectivity index (χ1) is 11.5. The number of likely N-dealkylation sites (N-methyl/N-ethyl adjacent to an activating group) is 1. The van der Waals surface area contributed by atoms with Crippen LogP contribution >= 0.6 is 0 Å². The molecule has 0 fully saturated rings. The molecule has 0 saturated heterocycles. The van der Waals surface area contributed by atoms with Gasteiger partial charge in [-0.15, -0.1) is 0 Å². The standard InChI is InChI=1S/C19H20N4O/c1-19(2)15-8-4-5-9-16(15)23(3)17(19)10-12-21-22-18(24)14-7-6-11-20-13-14/h4-13H,1-3H3,(H,22,24)/b17-10-,21-12+. The van der Waals surface area contributed by atoms with Gasteiger partial charge >= 0.3 is 0 Å². The van der Waals surface area contributed by atoms with Gasteiger partial charge in [0.25, 0.3) is 5.91 Å². The van der Waals surface area contributed by atoms with E-state index in [0.717, 1.165) is 5.70 Å². The minimum absolute atomic E-state index is 0.106. The Morgan fingerprint density at radius 1 is 1.25 bits per heavy atom. The Labute approximate surface area is 141 Å². The van der Waals surface area contributed by atoms with Gasteiger partial charge in [0.1, 0.15) is 0 Å². The molecule has 1 aromatic carbocycles. The molecule has 0 bridgehead atoms. The van der Waals surface area contributed by atoms with Gasteiger partial charge in [-0.05, 0) is 29.8 Å². The lowest BCUT2D eigenvalue weighted by atomic mass is 9.84. The van der Waals surface area contributed by atoms with E-state index in [1.54, 1.807) is 24.5 Å². The lowest BCUT2D eigenvalue weighted by molar-refractivity contribution is 0.0955. The molecule has 0 saturated carbocycles. The number of benzene rings is 1. The fourth-order valence-corrected chi connectivity index (χ4v) is 3.07. The van der Waals surface area contributed by atoms with Gasteiger partial charge in [-0.2, -0.15) is 5.10 Å². The maximum absolute atomic E-state index is 11.9. The zero-order valence-corrected chi connectivity index (χ0v) is 14.0. The normalized spacial score (nSPS) is 17.3. The summed E-state index contributed by atoms with van der Waals surface area (Å²) in [4.78, 5) is 18.0. The monoisotopic (exact) mass is 320 g/mol. The number of anilines is 1. The fourth-order valence-electron chi connectivity index (χ4n) is 3.07. The molecule has 0 spiro atoms. The van der Waals surface area contributed by atoms with Crippen LogP contribution in [-0.4, -0.2) is 24.2 Å². The summed E-state index contributed by atoms with van der Waals surface area (Å²) in [5.74, 6) is -0.278. The highest BCUT2D eigenvalue weighted by molar-refractivity contribution is 5.94. The molecule has 1 aliphatic rings. The van der Waals surface area contributed by atoms with Crippen LogP contribution in [0, 0.1) is 0 Å². The van der Waals surface area contributed by atoms with Gasteiger partial charge in [0.05, 0.1) is 5.56 Å². The zero-order chi connectivity index (χ0) is 17.2. The molecule has 5 nitrogen and oxygen atoms in total. The molecule has 0 atom stereocenters. The summed E-state index contributed by atoms with van der Waals surface area (Å²) >= 11 is 0. The van der Waals surface area contributed by atoms with E-state index in [1.165, 1.54) is 17.4 Å². The molecular formula is C19H20N4O. The summed E-state index contributed by atoms with van der Waals surface area (Å²) in [7, 11) is 2.04. The zero-order valence-electron chi connectivity index (χ0n) is 14.0. The number of fused-ring (bicyclic) bond motifs is 1. The second-order valence-electron chi connectivity index (χ2n) is 6.21. The molecule has 0 unspecified atom stereocenters. The Kier molecular flexibility index (Phi) is 4.16. The third-order valence-corrected chi connectivity index (χ3v) is 4.34.